The summed E-state index contributed by atoms with van der Waals surface area (Å²) in [7, 11) is 0. The van der Waals surface area contributed by atoms with Gasteiger partial charge in [0, 0.05) is 6.20 Å². The van der Waals surface area contributed by atoms with Gasteiger partial charge in [-0.1, -0.05) is 12.1 Å². The van der Waals surface area contributed by atoms with Crippen LogP contribution in [-0.2, 0) is 6.42 Å². The molecule has 0 bridgehead atoms. The van der Waals surface area contributed by atoms with E-state index in [9.17, 15) is 30.3 Å². The number of rotatable bonds is 3. The van der Waals surface area contributed by atoms with E-state index in [1.165, 1.54) is 12.0 Å². The lowest BCUT2D eigenvalue weighted by molar-refractivity contribution is -0.404. The smallest absolute Gasteiger partial charge is 0.324 e. The molecule has 1 aromatic heterocycles. The summed E-state index contributed by atoms with van der Waals surface area (Å²) >= 11 is 0. The number of benzene rings is 1. The normalized spacial score (nSPS) is 11.7. The van der Waals surface area contributed by atoms with Crippen LogP contribution in [0.25, 0.3) is 6.08 Å². The maximum atomic E-state index is 10.4. The number of aryl methyl sites for hydroxylation is 1. The van der Waals surface area contributed by atoms with Crippen LogP contribution >= 0.6 is 0 Å². The van der Waals surface area contributed by atoms with E-state index in [1.807, 2.05) is 12.3 Å². The van der Waals surface area contributed by atoms with E-state index < -0.39 is 37.6 Å². The van der Waals surface area contributed by atoms with Crippen molar-refractivity contribution in [3.05, 3.63) is 78.1 Å². The number of nitro groups is 3. The highest BCUT2D eigenvalue weighted by Crippen LogP contribution is 2.38. The molecule has 2 aromatic rings. The molecule has 0 spiro atoms. The molecule has 0 aliphatic heterocycles. The maximum Gasteiger partial charge on any atom is 0.324 e. The van der Waals surface area contributed by atoms with Gasteiger partial charge in [-0.25, -0.2) is 0 Å². The predicted molar refractivity (Wildman–Crippen MR) is 89.7 cm³/mol. The molecule has 0 amide bonds. The van der Waals surface area contributed by atoms with Crippen LogP contribution in [0, 0.1) is 30.3 Å². The van der Waals surface area contributed by atoms with E-state index in [-0.39, 0.29) is 0 Å². The highest BCUT2D eigenvalue weighted by Gasteiger charge is 2.30. The summed E-state index contributed by atoms with van der Waals surface area (Å²) in [5.74, 6) is -1.21. The molecule has 1 aromatic carbocycles. The summed E-state index contributed by atoms with van der Waals surface area (Å²) in [6, 6.07) is 5.04. The third kappa shape index (κ3) is 4.14. The predicted octanol–water partition coefficient (Wildman–Crippen LogP) is 3.16. The van der Waals surface area contributed by atoms with Crippen LogP contribution in [0.1, 0.15) is 17.7 Å². The lowest BCUT2D eigenvalue weighted by Gasteiger charge is -2.06. The first kappa shape index (κ1) is 18.4. The topological polar surface area (TPSA) is 163 Å². The van der Waals surface area contributed by atoms with E-state index in [1.54, 1.807) is 0 Å². The first-order chi connectivity index (χ1) is 12.3. The Morgan fingerprint density at radius 3 is 2.12 bits per heavy atom. The van der Waals surface area contributed by atoms with Crippen LogP contribution < -0.4 is 0 Å². The van der Waals surface area contributed by atoms with Gasteiger partial charge in [0.1, 0.15) is 0 Å². The van der Waals surface area contributed by atoms with Gasteiger partial charge in [-0.15, -0.1) is 0 Å². The van der Waals surface area contributed by atoms with Gasteiger partial charge in [-0.2, -0.15) is 0 Å². The van der Waals surface area contributed by atoms with Crippen LogP contribution in [0.5, 0.6) is 5.75 Å². The molecular weight excluding hydrogens is 348 g/mol. The molecule has 3 rings (SSSR count). The lowest BCUT2D eigenvalue weighted by Crippen LogP contribution is -1.97. The monoisotopic (exact) mass is 360 g/mol. The highest BCUT2D eigenvalue weighted by molar-refractivity contribution is 5.64. The number of aromatic hydroxyl groups is 1. The van der Waals surface area contributed by atoms with Gasteiger partial charge < -0.3 is 5.11 Å². The molecule has 26 heavy (non-hydrogen) atoms. The lowest BCUT2D eigenvalue weighted by atomic mass is 10.0. The summed E-state index contributed by atoms with van der Waals surface area (Å²) in [6.45, 7) is 0. The minimum Gasteiger partial charge on any atom is -0.497 e. The fourth-order valence-corrected chi connectivity index (χ4v) is 2.22. The Morgan fingerprint density at radius 1 is 1.00 bits per heavy atom. The van der Waals surface area contributed by atoms with Crippen molar-refractivity contribution in [3.8, 4) is 5.75 Å². The van der Waals surface area contributed by atoms with Gasteiger partial charge in [-0.05, 0) is 30.5 Å². The number of fused-ring (bicyclic) bond motifs is 1. The first-order valence-electron chi connectivity index (χ1n) is 7.22. The Hall–Kier alpha value is -3.89. The molecular formula is C15H12N4O7. The number of nitro benzene ring substituents is 3. The zero-order chi connectivity index (χ0) is 19.3. The summed E-state index contributed by atoms with van der Waals surface area (Å²) in [4.78, 5) is 32.0. The van der Waals surface area contributed by atoms with E-state index in [0.717, 1.165) is 12.1 Å². The Kier molecular flexibility index (Phi) is 5.53. The Morgan fingerprint density at radius 2 is 1.62 bits per heavy atom. The minimum absolute atomic E-state index is 0.447. The van der Waals surface area contributed by atoms with Gasteiger partial charge in [0.2, 0.25) is 0 Å². The molecule has 0 atom stereocenters. The van der Waals surface area contributed by atoms with Gasteiger partial charge in [-0.3, -0.25) is 35.3 Å². The third-order valence-electron chi connectivity index (χ3n) is 3.44. The maximum absolute atomic E-state index is 10.4. The van der Waals surface area contributed by atoms with Crippen LogP contribution in [0.4, 0.5) is 17.1 Å². The molecule has 134 valence electrons. The molecule has 1 N–H and O–H groups in total. The second-order valence-electron chi connectivity index (χ2n) is 5.09. The number of aromatic nitrogens is 1. The zero-order valence-corrected chi connectivity index (χ0v) is 13.1. The fourth-order valence-electron chi connectivity index (χ4n) is 2.22. The van der Waals surface area contributed by atoms with Crippen molar-refractivity contribution < 1.29 is 19.9 Å². The number of allylic oxidation sites excluding steroid dienone is 1. The molecule has 0 saturated heterocycles. The van der Waals surface area contributed by atoms with Crippen molar-refractivity contribution in [2.75, 3.05) is 0 Å². The zero-order valence-electron chi connectivity index (χ0n) is 13.1. The minimum atomic E-state index is -1.21. The number of pyridine rings is 1. The van der Waals surface area contributed by atoms with Crippen LogP contribution in [0.3, 0.4) is 0 Å². The number of phenols is 1. The number of nitrogens with zero attached hydrogens (tertiary/aromatic N) is 4. The molecule has 0 radical (unpaired) electrons. The standard InChI is InChI=1S/C9H9N.C6H3N3O7/c1-2-6-9-8(4-1)5-3-7-10-9;10-6-4(8(13)14)1-3(7(11)12)2-5(6)9(15)16/h2-3,5-7H,1,4H2;1-2,10H. The van der Waals surface area contributed by atoms with Crippen LogP contribution in [0.15, 0.2) is 36.5 Å². The van der Waals surface area contributed by atoms with Gasteiger partial charge in [0.15, 0.2) is 0 Å². The van der Waals surface area contributed by atoms with E-state index >= 15 is 0 Å². The van der Waals surface area contributed by atoms with E-state index in [4.69, 9.17) is 5.11 Å². The molecule has 1 heterocycles. The van der Waals surface area contributed by atoms with Crippen molar-refractivity contribution >= 4 is 23.1 Å². The molecule has 0 unspecified atom stereocenters. The number of hydrogen-bond acceptors (Lipinski definition) is 8. The van der Waals surface area contributed by atoms with Crippen molar-refractivity contribution in [1.29, 1.82) is 0 Å². The highest BCUT2D eigenvalue weighted by atomic mass is 16.6. The Labute approximate surface area is 145 Å². The van der Waals surface area contributed by atoms with Crippen molar-refractivity contribution in [2.24, 2.45) is 0 Å². The van der Waals surface area contributed by atoms with Crippen LogP contribution in [0.2, 0.25) is 0 Å². The largest absolute Gasteiger partial charge is 0.497 e. The summed E-state index contributed by atoms with van der Waals surface area (Å²) < 4.78 is 0. The van der Waals surface area contributed by atoms with Gasteiger partial charge in [0.05, 0.1) is 32.6 Å². The molecule has 1 aliphatic carbocycles. The van der Waals surface area contributed by atoms with Crippen molar-refractivity contribution in [2.45, 2.75) is 12.8 Å². The van der Waals surface area contributed by atoms with E-state index in [2.05, 4.69) is 23.2 Å². The quantitative estimate of drug-likeness (QED) is 0.644. The second kappa shape index (κ2) is 7.79. The van der Waals surface area contributed by atoms with Gasteiger partial charge >= 0.3 is 11.4 Å². The number of hydrogen-bond donors (Lipinski definition) is 1. The molecule has 0 fully saturated rings. The van der Waals surface area contributed by atoms with E-state index in [0.29, 0.717) is 12.1 Å². The molecule has 0 saturated carbocycles. The Balaban J connectivity index is 0.000000206. The first-order valence-corrected chi connectivity index (χ1v) is 7.22. The molecule has 1 aliphatic rings. The van der Waals surface area contributed by atoms with Gasteiger partial charge in [0.25, 0.3) is 11.4 Å². The SMILES string of the molecule is C1=Cc2ncccc2CC1.O=[N+]([O-])c1cc([N+](=O)[O-])c(O)c([N+](=O)[O-])c1. The summed E-state index contributed by atoms with van der Waals surface area (Å²) in [6.07, 6.45) is 8.43. The van der Waals surface area contributed by atoms with Crippen molar-refractivity contribution in [3.63, 3.8) is 0 Å². The average Bonchev–Trinajstić information content (AvgIpc) is 2.61. The van der Waals surface area contributed by atoms with Crippen molar-refractivity contribution in [1.82, 2.24) is 4.98 Å². The Bertz CT molecular complexity index is 876. The number of non-ortho nitro benzene ring substituents is 1. The number of phenolic OH excluding ortho intramolecular Hbond substituents is 1. The van der Waals surface area contributed by atoms with Crippen LogP contribution in [-0.4, -0.2) is 24.9 Å². The summed E-state index contributed by atoms with van der Waals surface area (Å²) in [5.41, 5.74) is -0.475. The third-order valence-corrected chi connectivity index (χ3v) is 3.44. The molecule has 11 heteroatoms. The second-order valence-corrected chi connectivity index (χ2v) is 5.09. The molecule has 11 nitrogen and oxygen atoms in total. The average molecular weight is 360 g/mol. The fraction of sp³-hybridized carbons (Fsp3) is 0.133. The summed E-state index contributed by atoms with van der Waals surface area (Å²) in [5, 5.41) is 40.2.